The number of rotatable bonds is 4. The van der Waals surface area contributed by atoms with E-state index < -0.39 is 0 Å². The molecule has 3 heteroatoms. The molecule has 0 fully saturated rings. The molecule has 0 amide bonds. The molecular weight excluding hydrogens is 164 g/mol. The summed E-state index contributed by atoms with van der Waals surface area (Å²) >= 11 is 0. The Kier molecular flexibility index (Phi) is 3.73. The highest BCUT2D eigenvalue weighted by molar-refractivity contribution is 5.44. The van der Waals surface area contributed by atoms with Gasteiger partial charge in [0.2, 0.25) is 0 Å². The highest BCUT2D eigenvalue weighted by Gasteiger charge is 2.01. The van der Waals surface area contributed by atoms with Crippen LogP contribution in [0.15, 0.2) is 24.3 Å². The van der Waals surface area contributed by atoms with Crippen LogP contribution in [-0.2, 0) is 0 Å². The van der Waals surface area contributed by atoms with Crippen LogP contribution in [0.4, 0.5) is 5.69 Å². The molecule has 72 valence electrons. The predicted molar refractivity (Wildman–Crippen MR) is 53.4 cm³/mol. The molecule has 0 saturated carbocycles. The lowest BCUT2D eigenvalue weighted by molar-refractivity contribution is -0.382. The number of aliphatic hydroxyl groups is 1. The molecule has 13 heavy (non-hydrogen) atoms. The average Bonchev–Trinajstić information content (AvgIpc) is 2.16. The van der Waals surface area contributed by atoms with Gasteiger partial charge in [0, 0.05) is 12.2 Å². The second-order valence-electron chi connectivity index (χ2n) is 3.19. The smallest absolute Gasteiger partial charge is 0.120 e. The number of hydrogen-bond acceptors (Lipinski definition) is 2. The fourth-order valence-electron chi connectivity index (χ4n) is 1.01. The highest BCUT2D eigenvalue weighted by Crippen LogP contribution is 2.07. The van der Waals surface area contributed by atoms with Crippen molar-refractivity contribution in [2.24, 2.45) is 0 Å². The van der Waals surface area contributed by atoms with Gasteiger partial charge < -0.3 is 16.2 Å². The van der Waals surface area contributed by atoms with Gasteiger partial charge in [0.05, 0.1) is 0 Å². The first-order valence-corrected chi connectivity index (χ1v) is 4.50. The average molecular weight is 181 g/mol. The van der Waals surface area contributed by atoms with Crippen molar-refractivity contribution in [2.75, 3.05) is 18.4 Å². The minimum Gasteiger partial charge on any atom is -0.385 e. The molecule has 1 aromatic carbocycles. The van der Waals surface area contributed by atoms with Gasteiger partial charge in [-0.05, 0) is 19.1 Å². The Morgan fingerprint density at radius 2 is 2.00 bits per heavy atom. The minimum atomic E-state index is -0.360. The number of quaternary nitrogens is 1. The quantitative estimate of drug-likeness (QED) is 0.613. The third-order valence-corrected chi connectivity index (χ3v) is 1.93. The Balaban J connectivity index is 2.41. The topological polar surface area (TPSA) is 59.9 Å². The number of nitrogens with one attached hydrogen (secondary N) is 1. The van der Waals surface area contributed by atoms with Crippen molar-refractivity contribution in [2.45, 2.75) is 13.0 Å². The summed E-state index contributed by atoms with van der Waals surface area (Å²) in [4.78, 5) is 0. The number of benzene rings is 1. The first-order valence-electron chi connectivity index (χ1n) is 4.50. The number of hydrogen-bond donors (Lipinski definition) is 3. The highest BCUT2D eigenvalue weighted by atomic mass is 16.3. The first-order chi connectivity index (χ1) is 6.22. The van der Waals surface area contributed by atoms with Crippen LogP contribution < -0.4 is 11.1 Å². The zero-order chi connectivity index (χ0) is 9.68. The van der Waals surface area contributed by atoms with Gasteiger partial charge in [0.1, 0.15) is 12.6 Å². The minimum absolute atomic E-state index is 0.360. The van der Waals surface area contributed by atoms with Crippen LogP contribution in [0.3, 0.4) is 0 Å². The molecule has 0 saturated heterocycles. The summed E-state index contributed by atoms with van der Waals surface area (Å²) in [7, 11) is 0. The van der Waals surface area contributed by atoms with Crippen LogP contribution in [0.5, 0.6) is 0 Å². The second kappa shape index (κ2) is 4.84. The molecule has 0 aliphatic heterocycles. The molecule has 0 aliphatic carbocycles. The van der Waals surface area contributed by atoms with Crippen LogP contribution >= 0.6 is 0 Å². The second-order valence-corrected chi connectivity index (χ2v) is 3.19. The van der Waals surface area contributed by atoms with E-state index in [9.17, 15) is 5.11 Å². The molecule has 0 aliphatic rings. The van der Waals surface area contributed by atoms with E-state index in [-0.39, 0.29) is 6.10 Å². The van der Waals surface area contributed by atoms with Crippen molar-refractivity contribution in [3.63, 3.8) is 0 Å². The van der Waals surface area contributed by atoms with E-state index in [1.165, 1.54) is 5.56 Å². The van der Waals surface area contributed by atoms with Gasteiger partial charge in [-0.25, -0.2) is 0 Å². The summed E-state index contributed by atoms with van der Waals surface area (Å²) in [6, 6.07) is 8.09. The zero-order valence-electron chi connectivity index (χ0n) is 7.96. The van der Waals surface area contributed by atoms with Crippen molar-refractivity contribution >= 4 is 5.69 Å². The maximum Gasteiger partial charge on any atom is 0.120 e. The van der Waals surface area contributed by atoms with Gasteiger partial charge in [-0.15, -0.1) is 0 Å². The standard InChI is InChI=1S/C10H16N2O/c1-8-2-4-9(5-3-8)12-7-10(13)6-11/h2-5,10,12-13H,6-7,11H2,1H3/p+1/t10-/m1/s1. The van der Waals surface area contributed by atoms with Gasteiger partial charge >= 0.3 is 0 Å². The lowest BCUT2D eigenvalue weighted by Gasteiger charge is -2.09. The Morgan fingerprint density at radius 3 is 2.54 bits per heavy atom. The molecule has 0 unspecified atom stereocenters. The Morgan fingerprint density at radius 1 is 1.38 bits per heavy atom. The lowest BCUT2D eigenvalue weighted by atomic mass is 10.2. The Hall–Kier alpha value is -1.06. The molecule has 5 N–H and O–H groups in total. The predicted octanol–water partition coefficient (Wildman–Crippen LogP) is 0.00972. The lowest BCUT2D eigenvalue weighted by Crippen LogP contribution is -2.57. The third-order valence-electron chi connectivity index (χ3n) is 1.93. The molecule has 0 heterocycles. The van der Waals surface area contributed by atoms with Crippen LogP contribution in [0.1, 0.15) is 5.56 Å². The van der Waals surface area contributed by atoms with Gasteiger partial charge in [0.15, 0.2) is 0 Å². The monoisotopic (exact) mass is 181 g/mol. The van der Waals surface area contributed by atoms with E-state index in [0.29, 0.717) is 13.1 Å². The molecule has 0 radical (unpaired) electrons. The summed E-state index contributed by atoms with van der Waals surface area (Å²) in [5.41, 5.74) is 5.90. The van der Waals surface area contributed by atoms with Crippen molar-refractivity contribution < 1.29 is 10.8 Å². The largest absolute Gasteiger partial charge is 0.385 e. The summed E-state index contributed by atoms with van der Waals surface area (Å²) in [6.45, 7) is 3.15. The van der Waals surface area contributed by atoms with Crippen LogP contribution in [0.2, 0.25) is 0 Å². The summed E-state index contributed by atoms with van der Waals surface area (Å²) in [5, 5.41) is 12.4. The van der Waals surface area contributed by atoms with Crippen LogP contribution in [-0.4, -0.2) is 24.3 Å². The van der Waals surface area contributed by atoms with E-state index >= 15 is 0 Å². The van der Waals surface area contributed by atoms with E-state index in [1.54, 1.807) is 0 Å². The fraction of sp³-hybridized carbons (Fsp3) is 0.400. The SMILES string of the molecule is Cc1ccc(NC[C@H](O)C[NH3+])cc1. The molecule has 1 atom stereocenters. The normalized spacial score (nSPS) is 12.5. The van der Waals surface area contributed by atoms with E-state index in [1.807, 2.05) is 24.3 Å². The molecule has 1 aromatic rings. The summed E-state index contributed by atoms with van der Waals surface area (Å²) in [5.74, 6) is 0. The van der Waals surface area contributed by atoms with Crippen LogP contribution in [0.25, 0.3) is 0 Å². The molecular formula is C10H17N2O+. The zero-order valence-corrected chi connectivity index (χ0v) is 7.96. The number of anilines is 1. The third kappa shape index (κ3) is 3.44. The van der Waals surface area contributed by atoms with E-state index in [4.69, 9.17) is 0 Å². The number of aliphatic hydroxyl groups excluding tert-OH is 1. The summed E-state index contributed by atoms with van der Waals surface area (Å²) in [6.07, 6.45) is -0.360. The molecule has 0 aromatic heterocycles. The van der Waals surface area contributed by atoms with Gasteiger partial charge in [-0.2, -0.15) is 0 Å². The maximum atomic E-state index is 9.25. The van der Waals surface area contributed by atoms with Crippen molar-refractivity contribution in [1.29, 1.82) is 0 Å². The number of aryl methyl sites for hydroxylation is 1. The van der Waals surface area contributed by atoms with E-state index in [2.05, 4.69) is 18.0 Å². The fourth-order valence-corrected chi connectivity index (χ4v) is 1.01. The summed E-state index contributed by atoms with van der Waals surface area (Å²) < 4.78 is 0. The Bertz CT molecular complexity index is 246. The molecule has 3 nitrogen and oxygen atoms in total. The molecule has 0 spiro atoms. The first kappa shape index (κ1) is 10.0. The van der Waals surface area contributed by atoms with Crippen molar-refractivity contribution in [1.82, 2.24) is 0 Å². The molecule has 1 rings (SSSR count). The Labute approximate surface area is 78.6 Å². The van der Waals surface area contributed by atoms with Crippen molar-refractivity contribution in [3.8, 4) is 0 Å². The van der Waals surface area contributed by atoms with Crippen LogP contribution in [0, 0.1) is 6.92 Å². The van der Waals surface area contributed by atoms with Gasteiger partial charge in [-0.3, -0.25) is 0 Å². The van der Waals surface area contributed by atoms with Gasteiger partial charge in [0.25, 0.3) is 0 Å². The van der Waals surface area contributed by atoms with Gasteiger partial charge in [-0.1, -0.05) is 17.7 Å². The van der Waals surface area contributed by atoms with E-state index in [0.717, 1.165) is 5.69 Å². The maximum absolute atomic E-state index is 9.25. The molecule has 0 bridgehead atoms. The van der Waals surface area contributed by atoms with Crippen molar-refractivity contribution in [3.05, 3.63) is 29.8 Å².